The minimum Gasteiger partial charge on any atom is -0.493 e. The van der Waals surface area contributed by atoms with Crippen LogP contribution in [0.25, 0.3) is 11.0 Å². The molecule has 6 nitrogen and oxygen atoms in total. The highest BCUT2D eigenvalue weighted by atomic mass is 32.2. The van der Waals surface area contributed by atoms with Gasteiger partial charge in [-0.1, -0.05) is 36.0 Å². The highest BCUT2D eigenvalue weighted by molar-refractivity contribution is 7.99. The van der Waals surface area contributed by atoms with E-state index in [1.807, 2.05) is 67.1 Å². The Bertz CT molecular complexity index is 936. The van der Waals surface area contributed by atoms with Gasteiger partial charge in [0.15, 0.2) is 5.16 Å². The van der Waals surface area contributed by atoms with Crippen molar-refractivity contribution in [3.05, 3.63) is 54.1 Å². The molecule has 0 aliphatic heterocycles. The Morgan fingerprint density at radius 2 is 2.04 bits per heavy atom. The van der Waals surface area contributed by atoms with Gasteiger partial charge in [-0.05, 0) is 31.2 Å². The van der Waals surface area contributed by atoms with Crippen LogP contribution in [0.1, 0.15) is 12.5 Å². The van der Waals surface area contributed by atoms with E-state index in [-0.39, 0.29) is 11.7 Å². The predicted molar refractivity (Wildman–Crippen MR) is 105 cm³/mol. The summed E-state index contributed by atoms with van der Waals surface area (Å²) in [6, 6.07) is 15.4. The molecule has 0 saturated heterocycles. The summed E-state index contributed by atoms with van der Waals surface area (Å²) in [5.74, 6) is 0.788. The van der Waals surface area contributed by atoms with Crippen LogP contribution in [0.15, 0.2) is 58.8 Å². The summed E-state index contributed by atoms with van der Waals surface area (Å²) in [4.78, 5) is 16.6. The minimum atomic E-state index is -0.188. The minimum absolute atomic E-state index is 0.188. The number of aromatic nitrogens is 2. The van der Waals surface area contributed by atoms with Gasteiger partial charge in [0.1, 0.15) is 5.75 Å². The molecule has 1 amide bonds. The maximum absolute atomic E-state index is 12.0. The maximum Gasteiger partial charge on any atom is 0.250 e. The third kappa shape index (κ3) is 4.23. The second-order valence-electron chi connectivity index (χ2n) is 5.49. The quantitative estimate of drug-likeness (QED) is 0.395. The van der Waals surface area contributed by atoms with Crippen LogP contribution in [-0.4, -0.2) is 34.0 Å². The van der Waals surface area contributed by atoms with Crippen molar-refractivity contribution in [1.29, 1.82) is 0 Å². The van der Waals surface area contributed by atoms with Crippen LogP contribution < -0.4 is 10.2 Å². The fraction of sp³-hybridized carbons (Fsp3) is 0.211. The summed E-state index contributed by atoms with van der Waals surface area (Å²) >= 11 is 1.38. The van der Waals surface area contributed by atoms with Crippen molar-refractivity contribution >= 4 is 34.9 Å². The van der Waals surface area contributed by atoms with Gasteiger partial charge in [-0.25, -0.2) is 10.4 Å². The Hall–Kier alpha value is -2.80. The summed E-state index contributed by atoms with van der Waals surface area (Å²) in [6.07, 6.45) is 1.59. The zero-order chi connectivity index (χ0) is 18.4. The van der Waals surface area contributed by atoms with Gasteiger partial charge < -0.3 is 9.30 Å². The van der Waals surface area contributed by atoms with Crippen molar-refractivity contribution in [2.75, 3.05) is 12.4 Å². The molecule has 0 unspecified atom stereocenters. The summed E-state index contributed by atoms with van der Waals surface area (Å²) < 4.78 is 7.50. The molecule has 2 aromatic carbocycles. The van der Waals surface area contributed by atoms with Crippen LogP contribution in [0.5, 0.6) is 5.75 Å². The van der Waals surface area contributed by atoms with E-state index in [1.165, 1.54) is 11.8 Å². The third-order valence-electron chi connectivity index (χ3n) is 3.69. The largest absolute Gasteiger partial charge is 0.493 e. The van der Waals surface area contributed by atoms with E-state index >= 15 is 0 Å². The molecular weight excluding hydrogens is 348 g/mol. The number of nitrogens with zero attached hydrogens (tertiary/aromatic N) is 3. The normalized spacial score (nSPS) is 11.2. The Labute approximate surface area is 156 Å². The lowest BCUT2D eigenvalue weighted by Gasteiger charge is -2.05. The molecular formula is C19H20N4O2S. The fourth-order valence-electron chi connectivity index (χ4n) is 2.46. The molecule has 3 rings (SSSR count). The molecule has 1 heterocycles. The van der Waals surface area contributed by atoms with Gasteiger partial charge in [-0.2, -0.15) is 5.10 Å². The van der Waals surface area contributed by atoms with E-state index < -0.39 is 0 Å². The molecule has 0 bridgehead atoms. The second-order valence-corrected chi connectivity index (χ2v) is 6.44. The van der Waals surface area contributed by atoms with E-state index in [4.69, 9.17) is 4.74 Å². The Morgan fingerprint density at radius 3 is 2.85 bits per heavy atom. The molecule has 1 N–H and O–H groups in total. The van der Waals surface area contributed by atoms with Crippen LogP contribution in [-0.2, 0) is 11.8 Å². The van der Waals surface area contributed by atoms with Crippen LogP contribution in [0.2, 0.25) is 0 Å². The number of thioether (sulfide) groups is 1. The predicted octanol–water partition coefficient (Wildman–Crippen LogP) is 3.21. The van der Waals surface area contributed by atoms with Crippen LogP contribution >= 0.6 is 11.8 Å². The van der Waals surface area contributed by atoms with Gasteiger partial charge >= 0.3 is 0 Å². The zero-order valence-corrected chi connectivity index (χ0v) is 15.5. The molecule has 7 heteroatoms. The number of ether oxygens (including phenoxy) is 1. The van der Waals surface area contributed by atoms with Crippen molar-refractivity contribution in [1.82, 2.24) is 15.0 Å². The first kappa shape index (κ1) is 18.0. The highest BCUT2D eigenvalue weighted by Gasteiger charge is 2.09. The van der Waals surface area contributed by atoms with Crippen LogP contribution in [0.3, 0.4) is 0 Å². The Kier molecular flexibility index (Phi) is 5.91. The monoisotopic (exact) mass is 368 g/mol. The van der Waals surface area contributed by atoms with Gasteiger partial charge in [0.05, 0.1) is 29.6 Å². The Morgan fingerprint density at radius 1 is 1.27 bits per heavy atom. The summed E-state index contributed by atoms with van der Waals surface area (Å²) in [5.41, 5.74) is 5.32. The van der Waals surface area contributed by atoms with Gasteiger partial charge in [0.2, 0.25) is 0 Å². The average Bonchev–Trinajstić information content (AvgIpc) is 2.98. The molecule has 1 aromatic heterocycles. The molecule has 0 radical (unpaired) electrons. The molecule has 3 aromatic rings. The van der Waals surface area contributed by atoms with Gasteiger partial charge in [-0.15, -0.1) is 0 Å². The molecule has 0 aliphatic rings. The number of fused-ring (bicyclic) bond motifs is 1. The fourth-order valence-corrected chi connectivity index (χ4v) is 3.24. The molecule has 0 saturated carbocycles. The van der Waals surface area contributed by atoms with Crippen molar-refractivity contribution in [2.45, 2.75) is 12.1 Å². The Balaban J connectivity index is 1.57. The summed E-state index contributed by atoms with van der Waals surface area (Å²) in [5, 5.41) is 4.81. The number of hydrogen-bond acceptors (Lipinski definition) is 5. The molecule has 0 atom stereocenters. The number of amides is 1. The van der Waals surface area contributed by atoms with E-state index in [0.717, 1.165) is 27.5 Å². The number of benzene rings is 2. The second kappa shape index (κ2) is 8.53. The molecule has 0 aliphatic carbocycles. The average molecular weight is 368 g/mol. The third-order valence-corrected chi connectivity index (χ3v) is 4.72. The number of nitrogens with one attached hydrogen (secondary N) is 1. The number of hydrogen-bond donors (Lipinski definition) is 1. The van der Waals surface area contributed by atoms with Crippen LogP contribution in [0.4, 0.5) is 0 Å². The van der Waals surface area contributed by atoms with Gasteiger partial charge in [0, 0.05) is 12.6 Å². The molecule has 0 spiro atoms. The highest BCUT2D eigenvalue weighted by Crippen LogP contribution is 2.22. The number of rotatable bonds is 7. The van der Waals surface area contributed by atoms with Crippen molar-refractivity contribution < 1.29 is 9.53 Å². The van der Waals surface area contributed by atoms with Gasteiger partial charge in [0.25, 0.3) is 5.91 Å². The molecule has 0 fully saturated rings. The first-order chi connectivity index (χ1) is 12.7. The number of carbonyl (C=O) groups excluding carboxylic acids is 1. The van der Waals surface area contributed by atoms with Crippen molar-refractivity contribution in [2.24, 2.45) is 12.1 Å². The summed E-state index contributed by atoms with van der Waals surface area (Å²) in [6.45, 7) is 2.50. The molecule has 134 valence electrons. The number of hydrazone groups is 1. The van der Waals surface area contributed by atoms with E-state index in [9.17, 15) is 4.79 Å². The van der Waals surface area contributed by atoms with E-state index in [1.54, 1.807) is 6.21 Å². The van der Waals surface area contributed by atoms with Crippen molar-refractivity contribution in [3.8, 4) is 5.75 Å². The smallest absolute Gasteiger partial charge is 0.250 e. The first-order valence-corrected chi connectivity index (χ1v) is 9.25. The first-order valence-electron chi connectivity index (χ1n) is 8.27. The van der Waals surface area contributed by atoms with Gasteiger partial charge in [-0.3, -0.25) is 4.79 Å². The lowest BCUT2D eigenvalue weighted by atomic mass is 10.2. The number of para-hydroxylation sites is 3. The summed E-state index contributed by atoms with van der Waals surface area (Å²) in [7, 11) is 1.94. The lowest BCUT2D eigenvalue weighted by molar-refractivity contribution is -0.118. The van der Waals surface area contributed by atoms with Crippen molar-refractivity contribution in [3.63, 3.8) is 0 Å². The standard InChI is InChI=1S/C19H20N4O2S/c1-3-25-17-11-7-4-8-14(17)12-20-22-18(24)13-26-19-21-15-9-5-6-10-16(15)23(19)2/h4-12H,3,13H2,1-2H3,(H,22,24)/b20-12-. The topological polar surface area (TPSA) is 68.5 Å². The van der Waals surface area contributed by atoms with E-state index in [2.05, 4.69) is 15.5 Å². The van der Waals surface area contributed by atoms with Crippen LogP contribution in [0, 0.1) is 0 Å². The van der Waals surface area contributed by atoms with E-state index in [0.29, 0.717) is 6.61 Å². The zero-order valence-electron chi connectivity index (χ0n) is 14.7. The number of carbonyl (C=O) groups is 1. The SMILES string of the molecule is CCOc1ccccc1/C=N\NC(=O)CSc1nc2ccccc2n1C. The number of imidazole rings is 1. The lowest BCUT2D eigenvalue weighted by Crippen LogP contribution is -2.20. The molecule has 26 heavy (non-hydrogen) atoms. The maximum atomic E-state index is 12.0. The number of aryl methyl sites for hydroxylation is 1.